The molecule has 2 aromatic rings. The third kappa shape index (κ3) is 4.98. The third-order valence-corrected chi connectivity index (χ3v) is 5.38. The van der Waals surface area contributed by atoms with Crippen LogP contribution < -0.4 is 21.2 Å². The van der Waals surface area contributed by atoms with E-state index in [2.05, 4.69) is 32.8 Å². The number of nitriles is 1. The number of likely N-dealkylation sites (tertiary alicyclic amines) is 1. The summed E-state index contributed by atoms with van der Waals surface area (Å²) in [5.41, 5.74) is 9.34. The number of carbonyl (C=O) groups excluding carboxylic acids is 1. The summed E-state index contributed by atoms with van der Waals surface area (Å²) in [7, 11) is 0. The Balaban J connectivity index is 1.38. The van der Waals surface area contributed by atoms with Crippen molar-refractivity contribution in [1.82, 2.24) is 31.2 Å². The number of amides is 1. The first-order chi connectivity index (χ1) is 16.0. The van der Waals surface area contributed by atoms with Crippen LogP contribution in [0.25, 0.3) is 0 Å². The van der Waals surface area contributed by atoms with E-state index in [4.69, 9.17) is 9.47 Å². The lowest BCUT2D eigenvalue weighted by molar-refractivity contribution is 0.0652. The van der Waals surface area contributed by atoms with Gasteiger partial charge in [-0.05, 0) is 44.9 Å². The molecule has 3 N–H and O–H groups in total. The molecule has 1 fully saturated rings. The maximum atomic E-state index is 14.5. The van der Waals surface area contributed by atoms with Crippen LogP contribution in [0.5, 0.6) is 5.75 Å². The predicted octanol–water partition coefficient (Wildman–Crippen LogP) is 1.93. The molecule has 0 bridgehead atoms. The topological polar surface area (TPSA) is 129 Å². The van der Waals surface area contributed by atoms with Gasteiger partial charge < -0.3 is 14.4 Å². The van der Waals surface area contributed by atoms with Gasteiger partial charge in [0.05, 0.1) is 18.3 Å². The van der Waals surface area contributed by atoms with Crippen molar-refractivity contribution in [1.29, 1.82) is 5.26 Å². The molecule has 0 spiro atoms. The lowest BCUT2D eigenvalue weighted by atomic mass is 10.1. The van der Waals surface area contributed by atoms with Gasteiger partial charge in [-0.3, -0.25) is 10.1 Å². The Morgan fingerprint density at radius 1 is 1.36 bits per heavy atom. The highest BCUT2D eigenvalue weighted by Gasteiger charge is 2.28. The molecule has 174 valence electrons. The van der Waals surface area contributed by atoms with Crippen LogP contribution in [-0.4, -0.2) is 45.8 Å². The van der Waals surface area contributed by atoms with Crippen LogP contribution in [-0.2, 0) is 11.3 Å². The quantitative estimate of drug-likeness (QED) is 0.602. The van der Waals surface area contributed by atoms with Gasteiger partial charge in [-0.2, -0.15) is 10.4 Å². The molecule has 2 aliphatic heterocycles. The van der Waals surface area contributed by atoms with Crippen molar-refractivity contribution in [3.63, 3.8) is 0 Å². The molecule has 0 saturated carbocycles. The van der Waals surface area contributed by atoms with E-state index in [1.54, 1.807) is 21.8 Å². The molecule has 0 unspecified atom stereocenters. The number of piperidine rings is 1. The average Bonchev–Trinajstić information content (AvgIpc) is 3.48. The Morgan fingerprint density at radius 3 is 2.79 bits per heavy atom. The summed E-state index contributed by atoms with van der Waals surface area (Å²) in [5, 5.41) is 18.0. The lowest BCUT2D eigenvalue weighted by Gasteiger charge is -2.32. The first-order valence-electron chi connectivity index (χ1n) is 10.6. The molecule has 1 amide bonds. The number of benzene rings is 1. The summed E-state index contributed by atoms with van der Waals surface area (Å²) >= 11 is 0. The van der Waals surface area contributed by atoms with Crippen molar-refractivity contribution in [3.05, 3.63) is 47.0 Å². The van der Waals surface area contributed by atoms with E-state index in [0.717, 1.165) is 0 Å². The SMILES string of the molecule is CC(C)OC(=O)N1CCC(n2ncc(COc3ccc(C4=NNNN4)cc3F)c2C#N)CC1. The summed E-state index contributed by atoms with van der Waals surface area (Å²) in [4.78, 5) is 13.8. The van der Waals surface area contributed by atoms with E-state index in [1.807, 2.05) is 13.8 Å². The average molecular weight is 456 g/mol. The third-order valence-electron chi connectivity index (χ3n) is 5.38. The van der Waals surface area contributed by atoms with Crippen LogP contribution in [0.3, 0.4) is 0 Å². The van der Waals surface area contributed by atoms with Crippen molar-refractivity contribution < 1.29 is 18.7 Å². The highest BCUT2D eigenvalue weighted by Crippen LogP contribution is 2.26. The number of halogens is 1. The second-order valence-electron chi connectivity index (χ2n) is 7.98. The maximum absolute atomic E-state index is 14.5. The van der Waals surface area contributed by atoms with Gasteiger partial charge >= 0.3 is 6.09 Å². The number of nitrogens with zero attached hydrogens (tertiary/aromatic N) is 5. The molecule has 1 saturated heterocycles. The Morgan fingerprint density at radius 2 is 2.15 bits per heavy atom. The zero-order valence-electron chi connectivity index (χ0n) is 18.3. The van der Waals surface area contributed by atoms with Crippen LogP contribution in [0.2, 0.25) is 0 Å². The fourth-order valence-corrected chi connectivity index (χ4v) is 3.73. The number of hydrogen-bond acceptors (Lipinski definition) is 9. The normalized spacial score (nSPS) is 16.1. The molecule has 11 nitrogen and oxygen atoms in total. The number of ether oxygens (including phenoxy) is 2. The molecule has 0 aliphatic carbocycles. The van der Waals surface area contributed by atoms with Crippen LogP contribution in [0, 0.1) is 17.1 Å². The monoisotopic (exact) mass is 456 g/mol. The van der Waals surface area contributed by atoms with E-state index in [-0.39, 0.29) is 30.6 Å². The molecule has 33 heavy (non-hydrogen) atoms. The summed E-state index contributed by atoms with van der Waals surface area (Å²) in [5.74, 6) is -0.0284. The number of rotatable bonds is 6. The minimum absolute atomic E-state index is 0.00102. The Labute approximate surface area is 190 Å². The molecule has 4 rings (SSSR count). The number of hydrogen-bond donors (Lipinski definition) is 3. The molecule has 12 heteroatoms. The van der Waals surface area contributed by atoms with Crippen molar-refractivity contribution in [3.8, 4) is 11.8 Å². The molecule has 1 aromatic carbocycles. The van der Waals surface area contributed by atoms with E-state index in [1.165, 1.54) is 12.1 Å². The van der Waals surface area contributed by atoms with E-state index in [9.17, 15) is 14.4 Å². The number of nitrogens with one attached hydrogen (secondary N) is 3. The van der Waals surface area contributed by atoms with Crippen molar-refractivity contribution in [2.24, 2.45) is 5.10 Å². The minimum atomic E-state index is -0.546. The summed E-state index contributed by atoms with van der Waals surface area (Å²) in [6, 6.07) is 6.65. The lowest BCUT2D eigenvalue weighted by Crippen LogP contribution is -2.40. The second-order valence-corrected chi connectivity index (χ2v) is 7.98. The fourth-order valence-electron chi connectivity index (χ4n) is 3.73. The smallest absolute Gasteiger partial charge is 0.410 e. The van der Waals surface area contributed by atoms with Crippen molar-refractivity contribution in [2.45, 2.75) is 45.4 Å². The zero-order valence-corrected chi connectivity index (χ0v) is 18.3. The van der Waals surface area contributed by atoms with E-state index < -0.39 is 5.82 Å². The number of carbonyl (C=O) groups is 1. The molecular formula is C21H25FN8O3. The largest absolute Gasteiger partial charge is 0.486 e. The van der Waals surface area contributed by atoms with Gasteiger partial charge in [0, 0.05) is 24.2 Å². The van der Waals surface area contributed by atoms with Gasteiger partial charge in [0.1, 0.15) is 18.4 Å². The second kappa shape index (κ2) is 9.74. The van der Waals surface area contributed by atoms with Gasteiger partial charge in [-0.15, -0.1) is 10.6 Å². The first kappa shape index (κ1) is 22.3. The summed E-state index contributed by atoms with van der Waals surface area (Å²) in [6.45, 7) is 4.67. The summed E-state index contributed by atoms with van der Waals surface area (Å²) in [6.07, 6.45) is 2.38. The Kier molecular flexibility index (Phi) is 6.60. The van der Waals surface area contributed by atoms with Gasteiger partial charge in [-0.25, -0.2) is 14.7 Å². The van der Waals surface area contributed by atoms with Gasteiger partial charge in [0.2, 0.25) is 0 Å². The Bertz CT molecular complexity index is 1090. The molecule has 1 aromatic heterocycles. The van der Waals surface area contributed by atoms with E-state index in [0.29, 0.717) is 48.6 Å². The van der Waals surface area contributed by atoms with Crippen LogP contribution >= 0.6 is 0 Å². The summed E-state index contributed by atoms with van der Waals surface area (Å²) < 4.78 is 27.0. The number of amidine groups is 1. The van der Waals surface area contributed by atoms with Crippen LogP contribution in [0.4, 0.5) is 9.18 Å². The first-order valence-corrected chi connectivity index (χ1v) is 10.6. The Hall–Kier alpha value is -3.85. The minimum Gasteiger partial charge on any atom is -0.486 e. The van der Waals surface area contributed by atoms with Crippen LogP contribution in [0.1, 0.15) is 49.6 Å². The maximum Gasteiger partial charge on any atom is 0.410 e. The van der Waals surface area contributed by atoms with Gasteiger partial charge in [0.15, 0.2) is 17.4 Å². The fraction of sp³-hybridized carbons (Fsp3) is 0.429. The molecule has 0 radical (unpaired) electrons. The predicted molar refractivity (Wildman–Crippen MR) is 115 cm³/mol. The number of hydrazine groups is 2. The standard InChI is InChI=1S/C21H25FN8O3/c1-13(2)33-21(31)29-7-5-16(6-8-29)30-18(10-23)15(11-24-30)12-32-19-4-3-14(9-17(19)22)20-25-27-28-26-20/h3-4,9,11,13,16,27-28H,5-8,12H2,1-2H3,(H,25,26). The van der Waals surface area contributed by atoms with Gasteiger partial charge in [-0.1, -0.05) is 0 Å². The molecule has 3 heterocycles. The molecule has 2 aliphatic rings. The molecular weight excluding hydrogens is 431 g/mol. The molecule has 0 atom stereocenters. The number of aromatic nitrogens is 2. The zero-order chi connectivity index (χ0) is 23.4. The van der Waals surface area contributed by atoms with Gasteiger partial charge in [0.25, 0.3) is 0 Å². The van der Waals surface area contributed by atoms with Crippen molar-refractivity contribution in [2.75, 3.05) is 13.1 Å². The van der Waals surface area contributed by atoms with Crippen molar-refractivity contribution >= 4 is 11.9 Å². The van der Waals surface area contributed by atoms with Crippen LogP contribution in [0.15, 0.2) is 29.5 Å². The van der Waals surface area contributed by atoms with E-state index >= 15 is 0 Å². The highest BCUT2D eigenvalue weighted by molar-refractivity contribution is 5.99. The number of hydrazone groups is 1. The highest BCUT2D eigenvalue weighted by atomic mass is 19.1.